The number of nitrogens with zero attached hydrogens (tertiary/aromatic N) is 1. The summed E-state index contributed by atoms with van der Waals surface area (Å²) in [4.78, 5) is 13.5. The van der Waals surface area contributed by atoms with Crippen LogP contribution < -0.4 is 14.4 Å². The summed E-state index contributed by atoms with van der Waals surface area (Å²) < 4.78 is 29.8. The van der Waals surface area contributed by atoms with Crippen LogP contribution in [0.3, 0.4) is 0 Å². The Morgan fingerprint density at radius 3 is 2.47 bits per heavy atom. The number of hydrogen-bond donors (Lipinski definition) is 1. The standard InChI is InChI=1S/C12H16N2O4S/c1-18-11-5-3-10(4-6-11)14-8-9(7-12(14)15)13-19(2,16)17/h3-6,9,13H,7-8H2,1-2H3. The summed E-state index contributed by atoms with van der Waals surface area (Å²) in [7, 11) is -1.72. The van der Waals surface area contributed by atoms with Gasteiger partial charge in [-0.2, -0.15) is 0 Å². The molecule has 1 aromatic rings. The third kappa shape index (κ3) is 3.45. The van der Waals surface area contributed by atoms with E-state index in [-0.39, 0.29) is 18.4 Å². The Morgan fingerprint density at radius 2 is 1.95 bits per heavy atom. The molecular weight excluding hydrogens is 268 g/mol. The maximum absolute atomic E-state index is 11.9. The Hall–Kier alpha value is -1.60. The third-order valence-electron chi connectivity index (χ3n) is 2.89. The van der Waals surface area contributed by atoms with E-state index in [9.17, 15) is 13.2 Å². The first kappa shape index (κ1) is 13.8. The van der Waals surface area contributed by atoms with E-state index in [1.165, 1.54) is 0 Å². The molecule has 1 aliphatic heterocycles. The highest BCUT2D eigenvalue weighted by Gasteiger charge is 2.32. The van der Waals surface area contributed by atoms with Crippen LogP contribution in [0.1, 0.15) is 6.42 Å². The van der Waals surface area contributed by atoms with Gasteiger partial charge in [-0.25, -0.2) is 13.1 Å². The van der Waals surface area contributed by atoms with E-state index in [4.69, 9.17) is 4.74 Å². The second kappa shape index (κ2) is 5.18. The minimum atomic E-state index is -3.30. The molecule has 0 aliphatic carbocycles. The number of sulfonamides is 1. The average Bonchev–Trinajstić information content (AvgIpc) is 2.68. The first-order chi connectivity index (χ1) is 8.89. The highest BCUT2D eigenvalue weighted by molar-refractivity contribution is 7.88. The lowest BCUT2D eigenvalue weighted by Gasteiger charge is -2.17. The van der Waals surface area contributed by atoms with Crippen LogP contribution in [0, 0.1) is 0 Å². The molecule has 0 aromatic heterocycles. The van der Waals surface area contributed by atoms with E-state index in [2.05, 4.69) is 4.72 Å². The Balaban J connectivity index is 2.11. The van der Waals surface area contributed by atoms with Gasteiger partial charge in [0.1, 0.15) is 5.75 Å². The number of anilines is 1. The largest absolute Gasteiger partial charge is 0.497 e. The van der Waals surface area contributed by atoms with Crippen molar-refractivity contribution in [3.05, 3.63) is 24.3 Å². The minimum absolute atomic E-state index is 0.0914. The summed E-state index contributed by atoms with van der Waals surface area (Å²) in [5, 5.41) is 0. The second-order valence-electron chi connectivity index (χ2n) is 4.49. The van der Waals surface area contributed by atoms with Gasteiger partial charge in [0.25, 0.3) is 0 Å². The van der Waals surface area contributed by atoms with E-state index < -0.39 is 10.0 Å². The quantitative estimate of drug-likeness (QED) is 0.865. The molecule has 1 atom stereocenters. The van der Waals surface area contributed by atoms with Crippen molar-refractivity contribution in [1.29, 1.82) is 0 Å². The Bertz CT molecular complexity index is 568. The van der Waals surface area contributed by atoms with Gasteiger partial charge in [0, 0.05) is 24.7 Å². The molecule has 2 rings (SSSR count). The number of carbonyl (C=O) groups excluding carboxylic acids is 1. The van der Waals surface area contributed by atoms with Gasteiger partial charge in [-0.15, -0.1) is 0 Å². The highest BCUT2D eigenvalue weighted by atomic mass is 32.2. The SMILES string of the molecule is COc1ccc(N2CC(NS(C)(=O)=O)CC2=O)cc1. The summed E-state index contributed by atoms with van der Waals surface area (Å²) in [5.41, 5.74) is 0.739. The lowest BCUT2D eigenvalue weighted by Crippen LogP contribution is -2.36. The number of ether oxygens (including phenoxy) is 1. The van der Waals surface area contributed by atoms with Gasteiger partial charge in [0.2, 0.25) is 15.9 Å². The Morgan fingerprint density at radius 1 is 1.32 bits per heavy atom. The van der Waals surface area contributed by atoms with Crippen LogP contribution in [0.2, 0.25) is 0 Å². The summed E-state index contributed by atoms with van der Waals surface area (Å²) in [6.07, 6.45) is 1.27. The number of methoxy groups -OCH3 is 1. The van der Waals surface area contributed by atoms with Crippen LogP contribution in [-0.2, 0) is 14.8 Å². The van der Waals surface area contributed by atoms with E-state index >= 15 is 0 Å². The first-order valence-electron chi connectivity index (χ1n) is 5.81. The molecule has 0 spiro atoms. The highest BCUT2D eigenvalue weighted by Crippen LogP contribution is 2.24. The molecule has 6 nitrogen and oxygen atoms in total. The molecule has 7 heteroatoms. The molecule has 0 radical (unpaired) electrons. The molecular formula is C12H16N2O4S. The van der Waals surface area contributed by atoms with Crippen LogP contribution in [0.15, 0.2) is 24.3 Å². The number of benzene rings is 1. The zero-order valence-corrected chi connectivity index (χ0v) is 11.6. The maximum Gasteiger partial charge on any atom is 0.228 e. The van der Waals surface area contributed by atoms with Crippen LogP contribution >= 0.6 is 0 Å². The van der Waals surface area contributed by atoms with E-state index in [0.29, 0.717) is 12.3 Å². The van der Waals surface area contributed by atoms with E-state index in [0.717, 1.165) is 11.9 Å². The fourth-order valence-corrected chi connectivity index (χ4v) is 2.86. The lowest BCUT2D eigenvalue weighted by molar-refractivity contribution is -0.117. The van der Waals surface area contributed by atoms with Gasteiger partial charge in [0.15, 0.2) is 0 Å². The Labute approximate surface area is 112 Å². The molecule has 0 bridgehead atoms. The van der Waals surface area contributed by atoms with Crippen molar-refractivity contribution in [2.75, 3.05) is 24.8 Å². The smallest absolute Gasteiger partial charge is 0.228 e. The summed E-state index contributed by atoms with van der Waals surface area (Å²) >= 11 is 0. The van der Waals surface area contributed by atoms with Crippen LogP contribution in [0.5, 0.6) is 5.75 Å². The summed E-state index contributed by atoms with van der Waals surface area (Å²) in [6, 6.07) is 6.71. The van der Waals surface area contributed by atoms with Crippen molar-refractivity contribution in [2.24, 2.45) is 0 Å². The Kier molecular flexibility index (Phi) is 3.77. The predicted molar refractivity (Wildman–Crippen MR) is 71.7 cm³/mol. The van der Waals surface area contributed by atoms with Crippen molar-refractivity contribution in [2.45, 2.75) is 12.5 Å². The van der Waals surface area contributed by atoms with Gasteiger partial charge in [0.05, 0.1) is 13.4 Å². The van der Waals surface area contributed by atoms with Crippen molar-refractivity contribution < 1.29 is 17.9 Å². The fourth-order valence-electron chi connectivity index (χ4n) is 2.10. The zero-order valence-electron chi connectivity index (χ0n) is 10.8. The molecule has 1 N–H and O–H groups in total. The monoisotopic (exact) mass is 284 g/mol. The summed E-state index contributed by atoms with van der Waals surface area (Å²) in [5.74, 6) is 0.618. The molecule has 1 unspecified atom stereocenters. The third-order valence-corrected chi connectivity index (χ3v) is 3.65. The van der Waals surface area contributed by atoms with E-state index in [1.54, 1.807) is 36.3 Å². The van der Waals surface area contributed by atoms with Crippen molar-refractivity contribution in [3.63, 3.8) is 0 Å². The second-order valence-corrected chi connectivity index (χ2v) is 6.27. The number of rotatable bonds is 4. The number of carbonyl (C=O) groups is 1. The van der Waals surface area contributed by atoms with Gasteiger partial charge in [-0.1, -0.05) is 0 Å². The molecule has 1 amide bonds. The summed E-state index contributed by atoms with van der Waals surface area (Å²) in [6.45, 7) is 0.345. The van der Waals surface area contributed by atoms with Crippen molar-refractivity contribution in [3.8, 4) is 5.75 Å². The number of hydrogen-bond acceptors (Lipinski definition) is 4. The van der Waals surface area contributed by atoms with Gasteiger partial charge in [-0.3, -0.25) is 4.79 Å². The first-order valence-corrected chi connectivity index (χ1v) is 7.70. The fraction of sp³-hybridized carbons (Fsp3) is 0.417. The van der Waals surface area contributed by atoms with E-state index in [1.807, 2.05) is 0 Å². The number of nitrogens with one attached hydrogen (secondary N) is 1. The zero-order chi connectivity index (χ0) is 14.0. The molecule has 19 heavy (non-hydrogen) atoms. The van der Waals surface area contributed by atoms with Gasteiger partial charge < -0.3 is 9.64 Å². The minimum Gasteiger partial charge on any atom is -0.497 e. The van der Waals surface area contributed by atoms with Crippen LogP contribution in [0.25, 0.3) is 0 Å². The molecule has 104 valence electrons. The normalized spacial score (nSPS) is 19.8. The predicted octanol–water partition coefficient (Wildman–Crippen LogP) is 0.350. The van der Waals surface area contributed by atoms with Crippen molar-refractivity contribution in [1.82, 2.24) is 4.72 Å². The molecule has 1 aromatic carbocycles. The molecule has 0 saturated carbocycles. The van der Waals surface area contributed by atoms with Crippen LogP contribution in [-0.4, -0.2) is 40.3 Å². The molecule has 1 heterocycles. The van der Waals surface area contributed by atoms with Gasteiger partial charge in [-0.05, 0) is 24.3 Å². The molecule has 1 fully saturated rings. The topological polar surface area (TPSA) is 75.7 Å². The van der Waals surface area contributed by atoms with Crippen molar-refractivity contribution >= 4 is 21.6 Å². The maximum atomic E-state index is 11.9. The number of amides is 1. The van der Waals surface area contributed by atoms with Gasteiger partial charge >= 0.3 is 0 Å². The van der Waals surface area contributed by atoms with Crippen LogP contribution in [0.4, 0.5) is 5.69 Å². The molecule has 1 aliphatic rings. The average molecular weight is 284 g/mol. The molecule has 1 saturated heterocycles. The lowest BCUT2D eigenvalue weighted by atomic mass is 10.3.